The molecule has 0 bridgehead atoms. The average molecular weight is 324 g/mol. The standard InChI is InChI=1S/C12H10BrN3O3/c13-7-3-4-8(11(14)16-18)9(6-7)15-12(17)10-2-1-5-19-10/h1-6,18H,(H2,14,16)(H,15,17). The Balaban J connectivity index is 2.33. The maximum Gasteiger partial charge on any atom is 0.291 e. The summed E-state index contributed by atoms with van der Waals surface area (Å²) in [5.74, 6) is -0.345. The minimum Gasteiger partial charge on any atom is -0.459 e. The van der Waals surface area contributed by atoms with Crippen LogP contribution < -0.4 is 11.1 Å². The molecule has 7 heteroatoms. The number of furan rings is 1. The van der Waals surface area contributed by atoms with Crippen molar-refractivity contribution in [2.24, 2.45) is 10.9 Å². The van der Waals surface area contributed by atoms with Gasteiger partial charge in [-0.15, -0.1) is 0 Å². The van der Waals surface area contributed by atoms with Gasteiger partial charge in [-0.25, -0.2) is 0 Å². The van der Waals surface area contributed by atoms with Gasteiger partial charge in [0.2, 0.25) is 0 Å². The summed E-state index contributed by atoms with van der Waals surface area (Å²) in [5.41, 5.74) is 6.37. The van der Waals surface area contributed by atoms with E-state index in [0.717, 1.165) is 4.47 Å². The first-order valence-electron chi connectivity index (χ1n) is 5.24. The zero-order valence-electron chi connectivity index (χ0n) is 9.63. The molecule has 0 aliphatic heterocycles. The predicted molar refractivity (Wildman–Crippen MR) is 73.3 cm³/mol. The molecular weight excluding hydrogens is 314 g/mol. The van der Waals surface area contributed by atoms with Crippen molar-refractivity contribution in [2.45, 2.75) is 0 Å². The van der Waals surface area contributed by atoms with E-state index in [1.54, 1.807) is 24.3 Å². The minimum atomic E-state index is -0.421. The Kier molecular flexibility index (Phi) is 3.86. The van der Waals surface area contributed by atoms with Gasteiger partial charge >= 0.3 is 0 Å². The van der Waals surface area contributed by atoms with Crippen LogP contribution in [0.25, 0.3) is 0 Å². The maximum absolute atomic E-state index is 11.9. The third-order valence-corrected chi connectivity index (χ3v) is 2.85. The van der Waals surface area contributed by atoms with Gasteiger partial charge in [0.1, 0.15) is 0 Å². The number of carbonyl (C=O) groups is 1. The van der Waals surface area contributed by atoms with Crippen molar-refractivity contribution in [1.29, 1.82) is 0 Å². The molecule has 6 nitrogen and oxygen atoms in total. The Hall–Kier alpha value is -2.28. The van der Waals surface area contributed by atoms with Gasteiger partial charge in [0, 0.05) is 10.0 Å². The maximum atomic E-state index is 11.9. The number of oxime groups is 1. The fraction of sp³-hybridized carbons (Fsp3) is 0. The van der Waals surface area contributed by atoms with Gasteiger partial charge in [0.25, 0.3) is 5.91 Å². The summed E-state index contributed by atoms with van der Waals surface area (Å²) >= 11 is 3.29. The molecule has 1 amide bonds. The van der Waals surface area contributed by atoms with Crippen molar-refractivity contribution in [3.63, 3.8) is 0 Å². The van der Waals surface area contributed by atoms with E-state index in [9.17, 15) is 4.79 Å². The normalized spacial score (nSPS) is 11.3. The van der Waals surface area contributed by atoms with E-state index in [1.807, 2.05) is 0 Å². The molecule has 2 rings (SSSR count). The number of nitrogens with two attached hydrogens (primary N) is 1. The van der Waals surface area contributed by atoms with Crippen LogP contribution in [0.15, 0.2) is 50.6 Å². The Morgan fingerprint density at radius 2 is 2.21 bits per heavy atom. The Morgan fingerprint density at radius 3 is 2.84 bits per heavy atom. The van der Waals surface area contributed by atoms with Crippen molar-refractivity contribution in [3.05, 3.63) is 52.4 Å². The number of amidine groups is 1. The number of benzene rings is 1. The molecule has 4 N–H and O–H groups in total. The molecule has 0 atom stereocenters. The fourth-order valence-corrected chi connectivity index (χ4v) is 1.85. The van der Waals surface area contributed by atoms with Crippen LogP contribution in [-0.2, 0) is 0 Å². The molecule has 1 heterocycles. The van der Waals surface area contributed by atoms with Crippen LogP contribution in [0.1, 0.15) is 16.1 Å². The lowest BCUT2D eigenvalue weighted by Crippen LogP contribution is -2.19. The van der Waals surface area contributed by atoms with Crippen LogP contribution in [0.5, 0.6) is 0 Å². The zero-order chi connectivity index (χ0) is 13.8. The third-order valence-electron chi connectivity index (χ3n) is 2.36. The van der Waals surface area contributed by atoms with Gasteiger partial charge in [-0.3, -0.25) is 4.79 Å². The molecule has 0 radical (unpaired) electrons. The van der Waals surface area contributed by atoms with Gasteiger partial charge in [-0.1, -0.05) is 21.1 Å². The summed E-state index contributed by atoms with van der Waals surface area (Å²) in [6, 6.07) is 8.14. The summed E-state index contributed by atoms with van der Waals surface area (Å²) < 4.78 is 5.74. The number of rotatable bonds is 3. The smallest absolute Gasteiger partial charge is 0.291 e. The molecule has 0 saturated heterocycles. The molecular formula is C12H10BrN3O3. The highest BCUT2D eigenvalue weighted by atomic mass is 79.9. The van der Waals surface area contributed by atoms with Crippen LogP contribution in [0, 0.1) is 0 Å². The SMILES string of the molecule is N/C(=N/O)c1ccc(Br)cc1NC(=O)c1ccco1. The zero-order valence-corrected chi connectivity index (χ0v) is 11.2. The van der Waals surface area contributed by atoms with Crippen LogP contribution >= 0.6 is 15.9 Å². The number of carbonyl (C=O) groups excluding carboxylic acids is 1. The molecule has 19 heavy (non-hydrogen) atoms. The van der Waals surface area contributed by atoms with Gasteiger partial charge in [0.05, 0.1) is 12.0 Å². The number of nitrogens with one attached hydrogen (secondary N) is 1. The number of hydrogen-bond acceptors (Lipinski definition) is 4. The lowest BCUT2D eigenvalue weighted by molar-refractivity contribution is 0.0996. The molecule has 0 aliphatic rings. The van der Waals surface area contributed by atoms with E-state index < -0.39 is 5.91 Å². The van der Waals surface area contributed by atoms with Crippen molar-refractivity contribution in [2.75, 3.05) is 5.32 Å². The number of nitrogens with zero attached hydrogens (tertiary/aromatic N) is 1. The quantitative estimate of drug-likeness (QED) is 0.349. The lowest BCUT2D eigenvalue weighted by atomic mass is 10.1. The van der Waals surface area contributed by atoms with Crippen LogP contribution in [0.2, 0.25) is 0 Å². The molecule has 0 fully saturated rings. The number of hydrogen-bond donors (Lipinski definition) is 3. The van der Waals surface area contributed by atoms with E-state index in [1.165, 1.54) is 12.3 Å². The second-order valence-electron chi connectivity index (χ2n) is 3.61. The highest BCUT2D eigenvalue weighted by molar-refractivity contribution is 9.10. The van der Waals surface area contributed by atoms with Crippen LogP contribution in [-0.4, -0.2) is 17.0 Å². The highest BCUT2D eigenvalue weighted by Gasteiger charge is 2.13. The topological polar surface area (TPSA) is 101 Å². The molecule has 0 spiro atoms. The van der Waals surface area contributed by atoms with Crippen LogP contribution in [0.4, 0.5) is 5.69 Å². The van der Waals surface area contributed by atoms with Crippen molar-refractivity contribution in [1.82, 2.24) is 0 Å². The van der Waals surface area contributed by atoms with E-state index in [2.05, 4.69) is 26.4 Å². The number of anilines is 1. The van der Waals surface area contributed by atoms with E-state index in [-0.39, 0.29) is 11.6 Å². The van der Waals surface area contributed by atoms with E-state index in [0.29, 0.717) is 11.3 Å². The monoisotopic (exact) mass is 323 g/mol. The summed E-state index contributed by atoms with van der Waals surface area (Å²) in [7, 11) is 0. The first-order valence-corrected chi connectivity index (χ1v) is 6.03. The molecule has 98 valence electrons. The van der Waals surface area contributed by atoms with Gasteiger partial charge < -0.3 is 20.7 Å². The van der Waals surface area contributed by atoms with Crippen LogP contribution in [0.3, 0.4) is 0 Å². The van der Waals surface area contributed by atoms with Gasteiger partial charge in [-0.05, 0) is 30.3 Å². The largest absolute Gasteiger partial charge is 0.459 e. The molecule has 1 aromatic heterocycles. The van der Waals surface area contributed by atoms with E-state index in [4.69, 9.17) is 15.4 Å². The Morgan fingerprint density at radius 1 is 1.42 bits per heavy atom. The molecule has 0 unspecified atom stereocenters. The second kappa shape index (κ2) is 5.57. The Labute approximate surface area is 117 Å². The Bertz CT molecular complexity index is 623. The summed E-state index contributed by atoms with van der Waals surface area (Å²) in [5, 5.41) is 14.3. The first kappa shape index (κ1) is 13.2. The predicted octanol–water partition coefficient (Wildman–Crippen LogP) is 2.39. The van der Waals surface area contributed by atoms with Gasteiger partial charge in [-0.2, -0.15) is 0 Å². The second-order valence-corrected chi connectivity index (χ2v) is 4.52. The third kappa shape index (κ3) is 2.94. The van der Waals surface area contributed by atoms with Crippen molar-refractivity contribution in [3.8, 4) is 0 Å². The fourth-order valence-electron chi connectivity index (χ4n) is 1.49. The molecule has 2 aromatic rings. The summed E-state index contributed by atoms with van der Waals surface area (Å²) in [6.07, 6.45) is 1.40. The molecule has 1 aromatic carbocycles. The average Bonchev–Trinajstić information content (AvgIpc) is 2.92. The lowest BCUT2D eigenvalue weighted by Gasteiger charge is -2.09. The molecule has 0 saturated carbocycles. The van der Waals surface area contributed by atoms with Crippen molar-refractivity contribution >= 4 is 33.4 Å². The van der Waals surface area contributed by atoms with Crippen molar-refractivity contribution < 1.29 is 14.4 Å². The molecule has 0 aliphatic carbocycles. The summed E-state index contributed by atoms with van der Waals surface area (Å²) in [4.78, 5) is 11.9. The van der Waals surface area contributed by atoms with E-state index >= 15 is 0 Å². The number of amides is 1. The highest BCUT2D eigenvalue weighted by Crippen LogP contribution is 2.22. The minimum absolute atomic E-state index is 0.0951. The summed E-state index contributed by atoms with van der Waals surface area (Å²) in [6.45, 7) is 0. The number of halogens is 1. The van der Waals surface area contributed by atoms with Gasteiger partial charge in [0.15, 0.2) is 11.6 Å². The first-order chi connectivity index (χ1) is 9.11.